The quantitative estimate of drug-likeness (QED) is 0.308. The van der Waals surface area contributed by atoms with Gasteiger partial charge in [0.25, 0.3) is 0 Å². The Morgan fingerprint density at radius 3 is 2.05 bits per heavy atom. The minimum Gasteiger partial charge on any atom is -0.316 e. The molecule has 0 aliphatic rings. The van der Waals surface area contributed by atoms with Crippen LogP contribution in [-0.2, 0) is 0 Å². The molecule has 0 amide bonds. The van der Waals surface area contributed by atoms with Crippen LogP contribution in [-0.4, -0.2) is 25.3 Å². The van der Waals surface area contributed by atoms with Gasteiger partial charge in [-0.3, -0.25) is 4.99 Å². The van der Waals surface area contributed by atoms with Crippen molar-refractivity contribution in [3.05, 3.63) is 0 Å². The van der Waals surface area contributed by atoms with Gasteiger partial charge < -0.3 is 5.32 Å². The van der Waals surface area contributed by atoms with Gasteiger partial charge in [0.1, 0.15) is 0 Å². The van der Waals surface area contributed by atoms with E-state index in [1.165, 1.54) is 77.3 Å². The highest BCUT2D eigenvalue weighted by Gasteiger charge is 2.01. The van der Waals surface area contributed by atoms with Crippen LogP contribution in [0.15, 0.2) is 4.99 Å². The van der Waals surface area contributed by atoms with Crippen molar-refractivity contribution in [3.8, 4) is 0 Å². The molecule has 0 rings (SSSR count). The van der Waals surface area contributed by atoms with Crippen molar-refractivity contribution >= 4 is 6.21 Å². The first-order valence-corrected chi connectivity index (χ1v) is 9.43. The molecule has 21 heavy (non-hydrogen) atoms. The molecular weight excluding hydrogens is 256 g/mol. The lowest BCUT2D eigenvalue weighted by Gasteiger charge is -2.12. The standard InChI is InChI=1S/C19H40N2/c1-5-19(6-2)17-20-16-14-12-10-8-9-11-13-15-18(4)21-7-3/h7,18-20H,5-6,8-17H2,1-4H3. The van der Waals surface area contributed by atoms with E-state index in [4.69, 9.17) is 0 Å². The fourth-order valence-corrected chi connectivity index (χ4v) is 2.79. The smallest absolute Gasteiger partial charge is 0.0467 e. The van der Waals surface area contributed by atoms with Crippen LogP contribution in [0.1, 0.15) is 91.9 Å². The summed E-state index contributed by atoms with van der Waals surface area (Å²) in [6, 6.07) is 0.524. The van der Waals surface area contributed by atoms with Crippen LogP contribution in [0.2, 0.25) is 0 Å². The van der Waals surface area contributed by atoms with Crippen LogP contribution >= 0.6 is 0 Å². The Balaban J connectivity index is 3.16. The van der Waals surface area contributed by atoms with E-state index in [9.17, 15) is 0 Å². The second-order valence-electron chi connectivity index (χ2n) is 6.41. The van der Waals surface area contributed by atoms with Gasteiger partial charge in [0.2, 0.25) is 0 Å². The molecule has 0 bridgehead atoms. The van der Waals surface area contributed by atoms with E-state index in [2.05, 4.69) is 31.1 Å². The Morgan fingerprint density at radius 2 is 1.48 bits per heavy atom. The fraction of sp³-hybridized carbons (Fsp3) is 0.947. The first kappa shape index (κ1) is 20.6. The number of hydrogen-bond donors (Lipinski definition) is 1. The summed E-state index contributed by atoms with van der Waals surface area (Å²) in [6.07, 6.45) is 15.5. The Hall–Kier alpha value is -0.370. The molecule has 0 saturated heterocycles. The van der Waals surface area contributed by atoms with Gasteiger partial charge in [0.15, 0.2) is 0 Å². The van der Waals surface area contributed by atoms with Crippen molar-refractivity contribution in [2.45, 2.75) is 97.9 Å². The van der Waals surface area contributed by atoms with E-state index in [-0.39, 0.29) is 0 Å². The predicted octanol–water partition coefficient (Wildman–Crippen LogP) is 5.61. The molecular formula is C19H40N2. The van der Waals surface area contributed by atoms with E-state index in [0.717, 1.165) is 5.92 Å². The average Bonchev–Trinajstić information content (AvgIpc) is 2.49. The summed E-state index contributed by atoms with van der Waals surface area (Å²) < 4.78 is 0. The molecule has 0 aromatic heterocycles. The molecule has 0 heterocycles. The summed E-state index contributed by atoms with van der Waals surface area (Å²) in [6.45, 7) is 11.2. The summed E-state index contributed by atoms with van der Waals surface area (Å²) in [5.41, 5.74) is 0. The molecule has 0 aliphatic carbocycles. The maximum absolute atomic E-state index is 4.39. The van der Waals surface area contributed by atoms with Crippen molar-refractivity contribution in [1.29, 1.82) is 0 Å². The van der Waals surface area contributed by atoms with Crippen LogP contribution in [0.3, 0.4) is 0 Å². The maximum Gasteiger partial charge on any atom is 0.0467 e. The molecule has 0 aromatic rings. The van der Waals surface area contributed by atoms with E-state index in [0.29, 0.717) is 6.04 Å². The summed E-state index contributed by atoms with van der Waals surface area (Å²) in [7, 11) is 0. The molecule has 1 unspecified atom stereocenters. The highest BCUT2D eigenvalue weighted by atomic mass is 14.8. The number of rotatable bonds is 15. The highest BCUT2D eigenvalue weighted by Crippen LogP contribution is 2.11. The van der Waals surface area contributed by atoms with E-state index in [1.807, 2.05) is 13.1 Å². The molecule has 2 heteroatoms. The Bertz CT molecular complexity index is 222. The third-order valence-electron chi connectivity index (χ3n) is 4.47. The SMILES string of the molecule is CC=NC(C)CCCCCCCCCNCC(CC)CC. The largest absolute Gasteiger partial charge is 0.316 e. The van der Waals surface area contributed by atoms with Gasteiger partial charge >= 0.3 is 0 Å². The summed E-state index contributed by atoms with van der Waals surface area (Å²) in [5, 5.41) is 3.61. The summed E-state index contributed by atoms with van der Waals surface area (Å²) in [4.78, 5) is 4.39. The lowest BCUT2D eigenvalue weighted by molar-refractivity contribution is 0.443. The number of nitrogens with one attached hydrogen (secondary N) is 1. The Labute approximate surface area is 134 Å². The van der Waals surface area contributed by atoms with Gasteiger partial charge in [-0.15, -0.1) is 0 Å². The number of aliphatic imine (C=N–C) groups is 1. The van der Waals surface area contributed by atoms with Crippen LogP contribution < -0.4 is 5.32 Å². The second-order valence-corrected chi connectivity index (χ2v) is 6.41. The van der Waals surface area contributed by atoms with Crippen LogP contribution in [0.4, 0.5) is 0 Å². The zero-order valence-corrected chi connectivity index (χ0v) is 15.2. The zero-order chi connectivity index (χ0) is 15.8. The molecule has 0 radical (unpaired) electrons. The van der Waals surface area contributed by atoms with Crippen LogP contribution in [0, 0.1) is 5.92 Å². The Kier molecular flexibility index (Phi) is 15.7. The third-order valence-corrected chi connectivity index (χ3v) is 4.47. The van der Waals surface area contributed by atoms with Gasteiger partial charge in [-0.2, -0.15) is 0 Å². The van der Waals surface area contributed by atoms with E-state index < -0.39 is 0 Å². The lowest BCUT2D eigenvalue weighted by atomic mass is 10.0. The maximum atomic E-state index is 4.39. The van der Waals surface area contributed by atoms with Crippen molar-refractivity contribution in [1.82, 2.24) is 5.32 Å². The predicted molar refractivity (Wildman–Crippen MR) is 97.5 cm³/mol. The molecule has 0 aromatic carbocycles. The van der Waals surface area contributed by atoms with Crippen LogP contribution in [0.25, 0.3) is 0 Å². The molecule has 0 spiro atoms. The average molecular weight is 297 g/mol. The van der Waals surface area contributed by atoms with E-state index in [1.54, 1.807) is 0 Å². The van der Waals surface area contributed by atoms with Crippen LogP contribution in [0.5, 0.6) is 0 Å². The zero-order valence-electron chi connectivity index (χ0n) is 15.2. The van der Waals surface area contributed by atoms with Crippen molar-refractivity contribution < 1.29 is 0 Å². The molecule has 1 N–H and O–H groups in total. The van der Waals surface area contributed by atoms with Crippen molar-refractivity contribution in [2.24, 2.45) is 10.9 Å². The number of unbranched alkanes of at least 4 members (excludes halogenated alkanes) is 6. The van der Waals surface area contributed by atoms with Gasteiger partial charge in [-0.25, -0.2) is 0 Å². The number of hydrogen-bond acceptors (Lipinski definition) is 2. The van der Waals surface area contributed by atoms with Gasteiger partial charge in [-0.1, -0.05) is 65.2 Å². The van der Waals surface area contributed by atoms with E-state index >= 15 is 0 Å². The van der Waals surface area contributed by atoms with Crippen molar-refractivity contribution in [3.63, 3.8) is 0 Å². The third kappa shape index (κ3) is 14.3. The minimum atomic E-state index is 0.524. The van der Waals surface area contributed by atoms with Gasteiger partial charge in [0, 0.05) is 6.04 Å². The highest BCUT2D eigenvalue weighted by molar-refractivity contribution is 5.53. The number of nitrogens with zero attached hydrogens (tertiary/aromatic N) is 1. The molecule has 0 saturated carbocycles. The lowest BCUT2D eigenvalue weighted by Crippen LogP contribution is -2.23. The minimum absolute atomic E-state index is 0.524. The normalized spacial score (nSPS) is 13.4. The monoisotopic (exact) mass is 296 g/mol. The Morgan fingerprint density at radius 1 is 0.905 bits per heavy atom. The molecule has 0 aliphatic heterocycles. The molecule has 126 valence electrons. The molecule has 1 atom stereocenters. The molecule has 0 fully saturated rings. The second kappa shape index (κ2) is 16.0. The topological polar surface area (TPSA) is 24.4 Å². The summed E-state index contributed by atoms with van der Waals surface area (Å²) in [5.74, 6) is 0.879. The fourth-order valence-electron chi connectivity index (χ4n) is 2.79. The van der Waals surface area contributed by atoms with Gasteiger partial charge in [0.05, 0.1) is 0 Å². The summed E-state index contributed by atoms with van der Waals surface area (Å²) >= 11 is 0. The molecule has 2 nitrogen and oxygen atoms in total. The first-order chi connectivity index (χ1) is 10.2. The first-order valence-electron chi connectivity index (χ1n) is 9.43. The van der Waals surface area contributed by atoms with Crippen molar-refractivity contribution in [2.75, 3.05) is 13.1 Å². The van der Waals surface area contributed by atoms with Gasteiger partial charge in [-0.05, 0) is 51.9 Å².